The standard InChI is InChI=1S/C17H24N4O2/c1-6-12(7-2)20-16-11(4)18-15(10(3)19-16)13-8-9-14(22)21-17(13)23-5/h8,12H,6-7,9H2,1-5H3,(H,19,20). The van der Waals surface area contributed by atoms with Crippen LogP contribution in [0.2, 0.25) is 0 Å². The van der Waals surface area contributed by atoms with E-state index in [0.29, 0.717) is 17.6 Å². The van der Waals surface area contributed by atoms with Crippen molar-refractivity contribution in [1.29, 1.82) is 0 Å². The van der Waals surface area contributed by atoms with Gasteiger partial charge in [0.25, 0.3) is 5.91 Å². The molecule has 0 unspecified atom stereocenters. The van der Waals surface area contributed by atoms with Gasteiger partial charge in [-0.1, -0.05) is 19.9 Å². The van der Waals surface area contributed by atoms with Crippen LogP contribution in [0.15, 0.2) is 11.1 Å². The quantitative estimate of drug-likeness (QED) is 0.903. The van der Waals surface area contributed by atoms with E-state index in [1.807, 2.05) is 13.8 Å². The predicted molar refractivity (Wildman–Crippen MR) is 91.5 cm³/mol. The van der Waals surface area contributed by atoms with Gasteiger partial charge in [-0.05, 0) is 26.7 Å². The highest BCUT2D eigenvalue weighted by molar-refractivity contribution is 6.24. The average Bonchev–Trinajstić information content (AvgIpc) is 2.55. The maximum atomic E-state index is 11.4. The molecule has 0 bridgehead atoms. The van der Waals surface area contributed by atoms with E-state index in [2.05, 4.69) is 34.1 Å². The summed E-state index contributed by atoms with van der Waals surface area (Å²) in [4.78, 5) is 24.7. The van der Waals surface area contributed by atoms with Crippen molar-refractivity contribution in [1.82, 2.24) is 9.97 Å². The SMILES string of the molecule is CCC(CC)Nc1nc(C)c(C2=CCC(=O)N=C2OC)nc1C. The lowest BCUT2D eigenvalue weighted by atomic mass is 10.1. The Morgan fingerprint density at radius 2 is 1.91 bits per heavy atom. The molecule has 1 aliphatic rings. The number of anilines is 1. The van der Waals surface area contributed by atoms with Gasteiger partial charge in [-0.25, -0.2) is 9.97 Å². The van der Waals surface area contributed by atoms with Gasteiger partial charge in [-0.15, -0.1) is 0 Å². The number of nitrogens with one attached hydrogen (secondary N) is 1. The monoisotopic (exact) mass is 316 g/mol. The molecule has 1 aromatic rings. The van der Waals surface area contributed by atoms with Gasteiger partial charge in [0.1, 0.15) is 5.82 Å². The molecule has 0 spiro atoms. The first-order valence-corrected chi connectivity index (χ1v) is 7.98. The van der Waals surface area contributed by atoms with Crippen LogP contribution in [0.4, 0.5) is 5.82 Å². The molecule has 0 radical (unpaired) electrons. The molecule has 1 aliphatic heterocycles. The van der Waals surface area contributed by atoms with Crippen molar-refractivity contribution in [2.24, 2.45) is 4.99 Å². The van der Waals surface area contributed by atoms with Crippen LogP contribution in [0.25, 0.3) is 5.57 Å². The lowest BCUT2D eigenvalue weighted by Crippen LogP contribution is -2.21. The lowest BCUT2D eigenvalue weighted by Gasteiger charge is -2.19. The van der Waals surface area contributed by atoms with E-state index in [-0.39, 0.29) is 12.3 Å². The number of dihydropyridines is 1. The molecule has 6 nitrogen and oxygen atoms in total. The van der Waals surface area contributed by atoms with Crippen molar-refractivity contribution >= 4 is 23.2 Å². The highest BCUT2D eigenvalue weighted by Crippen LogP contribution is 2.24. The molecular weight excluding hydrogens is 292 g/mol. The normalized spacial score (nSPS) is 14.6. The summed E-state index contributed by atoms with van der Waals surface area (Å²) in [5.74, 6) is 0.905. The average molecular weight is 316 g/mol. The van der Waals surface area contributed by atoms with Crippen molar-refractivity contribution in [3.63, 3.8) is 0 Å². The molecule has 0 aromatic carbocycles. The van der Waals surface area contributed by atoms with Crippen LogP contribution in [-0.2, 0) is 9.53 Å². The molecule has 0 aliphatic carbocycles. The fourth-order valence-corrected chi connectivity index (χ4v) is 2.53. The van der Waals surface area contributed by atoms with Crippen molar-refractivity contribution < 1.29 is 9.53 Å². The Morgan fingerprint density at radius 1 is 1.22 bits per heavy atom. The van der Waals surface area contributed by atoms with Crippen LogP contribution in [0.5, 0.6) is 0 Å². The number of carbonyl (C=O) groups is 1. The fourth-order valence-electron chi connectivity index (χ4n) is 2.53. The molecule has 0 saturated carbocycles. The van der Waals surface area contributed by atoms with Gasteiger partial charge in [0.15, 0.2) is 0 Å². The van der Waals surface area contributed by atoms with Crippen LogP contribution in [0.1, 0.15) is 50.2 Å². The molecular formula is C17H24N4O2. The Labute approximate surface area is 137 Å². The number of methoxy groups -OCH3 is 1. The number of rotatable bonds is 5. The predicted octanol–water partition coefficient (Wildman–Crippen LogP) is 3.05. The molecule has 124 valence electrons. The third-order valence-corrected chi connectivity index (χ3v) is 3.96. The highest BCUT2D eigenvalue weighted by Gasteiger charge is 2.22. The zero-order valence-electron chi connectivity index (χ0n) is 14.4. The Hall–Kier alpha value is -2.24. The second-order valence-electron chi connectivity index (χ2n) is 5.59. The molecule has 1 amide bonds. The summed E-state index contributed by atoms with van der Waals surface area (Å²) >= 11 is 0. The number of hydrogen-bond donors (Lipinski definition) is 1. The second-order valence-corrected chi connectivity index (χ2v) is 5.59. The van der Waals surface area contributed by atoms with Crippen molar-refractivity contribution in [3.05, 3.63) is 23.2 Å². The summed E-state index contributed by atoms with van der Waals surface area (Å²) < 4.78 is 5.23. The van der Waals surface area contributed by atoms with Crippen LogP contribution in [0, 0.1) is 13.8 Å². The summed E-state index contributed by atoms with van der Waals surface area (Å²) in [6, 6.07) is 0.385. The molecule has 1 aromatic heterocycles. The Bertz CT molecular complexity index is 661. The Morgan fingerprint density at radius 3 is 2.52 bits per heavy atom. The topological polar surface area (TPSA) is 76.5 Å². The first-order valence-electron chi connectivity index (χ1n) is 7.98. The Kier molecular flexibility index (Phi) is 5.47. The maximum Gasteiger partial charge on any atom is 0.252 e. The van der Waals surface area contributed by atoms with E-state index in [9.17, 15) is 4.79 Å². The van der Waals surface area contributed by atoms with Crippen LogP contribution < -0.4 is 5.32 Å². The molecule has 1 N–H and O–H groups in total. The first-order chi connectivity index (χ1) is 11.0. The van der Waals surface area contributed by atoms with E-state index in [1.54, 1.807) is 6.08 Å². The summed E-state index contributed by atoms with van der Waals surface area (Å²) in [6.07, 6.45) is 4.13. The van der Waals surface area contributed by atoms with Gasteiger partial charge in [-0.2, -0.15) is 4.99 Å². The molecule has 23 heavy (non-hydrogen) atoms. The maximum absolute atomic E-state index is 11.4. The van der Waals surface area contributed by atoms with Gasteiger partial charge >= 0.3 is 0 Å². The van der Waals surface area contributed by atoms with Crippen molar-refractivity contribution in [3.8, 4) is 0 Å². The van der Waals surface area contributed by atoms with E-state index >= 15 is 0 Å². The number of aliphatic imine (C=N–C) groups is 1. The minimum atomic E-state index is -0.208. The number of amides is 1. The molecule has 2 rings (SSSR count). The Balaban J connectivity index is 2.37. The number of carbonyl (C=O) groups excluding carboxylic acids is 1. The van der Waals surface area contributed by atoms with Gasteiger partial charge in [0, 0.05) is 12.5 Å². The summed E-state index contributed by atoms with van der Waals surface area (Å²) in [5, 5.41) is 3.44. The molecule has 0 atom stereocenters. The zero-order chi connectivity index (χ0) is 17.0. The first kappa shape index (κ1) is 17.1. The van der Waals surface area contributed by atoms with Crippen LogP contribution in [-0.4, -0.2) is 34.9 Å². The van der Waals surface area contributed by atoms with E-state index < -0.39 is 0 Å². The summed E-state index contributed by atoms with van der Waals surface area (Å²) in [6.45, 7) is 8.13. The van der Waals surface area contributed by atoms with Gasteiger partial charge in [0.05, 0.1) is 29.8 Å². The zero-order valence-corrected chi connectivity index (χ0v) is 14.4. The smallest absolute Gasteiger partial charge is 0.252 e. The largest absolute Gasteiger partial charge is 0.480 e. The van der Waals surface area contributed by atoms with Crippen molar-refractivity contribution in [2.75, 3.05) is 12.4 Å². The minimum Gasteiger partial charge on any atom is -0.480 e. The van der Waals surface area contributed by atoms with Gasteiger partial charge < -0.3 is 10.1 Å². The molecule has 0 saturated heterocycles. The number of aryl methyl sites for hydroxylation is 2. The molecule has 6 heteroatoms. The van der Waals surface area contributed by atoms with E-state index in [0.717, 1.165) is 35.6 Å². The van der Waals surface area contributed by atoms with Gasteiger partial charge in [0.2, 0.25) is 5.90 Å². The van der Waals surface area contributed by atoms with Crippen molar-refractivity contribution in [2.45, 2.75) is 53.0 Å². The second kappa shape index (κ2) is 7.35. The fraction of sp³-hybridized carbons (Fsp3) is 0.529. The van der Waals surface area contributed by atoms with Crippen LogP contribution in [0.3, 0.4) is 0 Å². The number of ether oxygens (including phenoxy) is 1. The molecule has 2 heterocycles. The third kappa shape index (κ3) is 3.75. The number of aromatic nitrogens is 2. The lowest BCUT2D eigenvalue weighted by molar-refractivity contribution is -0.117. The molecule has 0 fully saturated rings. The summed E-state index contributed by atoms with van der Waals surface area (Å²) in [7, 11) is 1.50. The number of hydrogen-bond acceptors (Lipinski definition) is 5. The number of nitrogens with zero attached hydrogens (tertiary/aromatic N) is 3. The third-order valence-electron chi connectivity index (χ3n) is 3.96. The summed E-state index contributed by atoms with van der Waals surface area (Å²) in [5.41, 5.74) is 3.06. The minimum absolute atomic E-state index is 0.208. The van der Waals surface area contributed by atoms with E-state index in [1.165, 1.54) is 7.11 Å². The van der Waals surface area contributed by atoms with E-state index in [4.69, 9.17) is 4.74 Å². The van der Waals surface area contributed by atoms with Gasteiger partial charge in [-0.3, -0.25) is 4.79 Å². The van der Waals surface area contributed by atoms with Crippen LogP contribution >= 0.6 is 0 Å². The highest BCUT2D eigenvalue weighted by atomic mass is 16.5.